The Balaban J connectivity index is 2.84. The Morgan fingerprint density at radius 1 is 1.57 bits per heavy atom. The number of aryl methyl sites for hydroxylation is 1. The molecule has 0 spiro atoms. The molecule has 0 aliphatic heterocycles. The largest absolute Gasteiger partial charge is 0.325 e. The summed E-state index contributed by atoms with van der Waals surface area (Å²) in [4.78, 5) is 10.9. The fraction of sp³-hybridized carbons (Fsp3) is 0.300. The third-order valence-corrected chi connectivity index (χ3v) is 2.07. The molecule has 0 bridgehead atoms. The lowest BCUT2D eigenvalue weighted by Gasteiger charge is -2.05. The van der Waals surface area contributed by atoms with E-state index in [1.807, 2.05) is 6.92 Å². The SMILES string of the molecule is CCc1cc(NC(=O)CCl)ccc1F. The molecule has 0 heterocycles. The molecule has 0 aromatic heterocycles. The third kappa shape index (κ3) is 2.70. The molecule has 1 N–H and O–H groups in total. The highest BCUT2D eigenvalue weighted by Gasteiger charge is 2.03. The zero-order valence-corrected chi connectivity index (χ0v) is 8.57. The van der Waals surface area contributed by atoms with Crippen molar-refractivity contribution >= 4 is 23.2 Å². The van der Waals surface area contributed by atoms with Gasteiger partial charge in [0.1, 0.15) is 11.7 Å². The summed E-state index contributed by atoms with van der Waals surface area (Å²) in [6.45, 7) is 1.85. The first kappa shape index (κ1) is 11.0. The van der Waals surface area contributed by atoms with E-state index in [-0.39, 0.29) is 17.6 Å². The number of anilines is 1. The van der Waals surface area contributed by atoms with Gasteiger partial charge in [-0.1, -0.05) is 6.92 Å². The van der Waals surface area contributed by atoms with Crippen molar-refractivity contribution in [1.29, 1.82) is 0 Å². The molecule has 4 heteroatoms. The average molecular weight is 216 g/mol. The first-order valence-electron chi connectivity index (χ1n) is 4.31. The number of nitrogens with one attached hydrogen (secondary N) is 1. The highest BCUT2D eigenvalue weighted by atomic mass is 35.5. The zero-order chi connectivity index (χ0) is 10.6. The lowest BCUT2D eigenvalue weighted by atomic mass is 10.1. The number of benzene rings is 1. The maximum Gasteiger partial charge on any atom is 0.239 e. The van der Waals surface area contributed by atoms with Gasteiger partial charge < -0.3 is 5.32 Å². The lowest BCUT2D eigenvalue weighted by molar-refractivity contribution is -0.113. The summed E-state index contributed by atoms with van der Waals surface area (Å²) in [6, 6.07) is 4.46. The molecule has 1 aromatic carbocycles. The van der Waals surface area contributed by atoms with Crippen molar-refractivity contribution in [3.63, 3.8) is 0 Å². The van der Waals surface area contributed by atoms with Gasteiger partial charge in [-0.05, 0) is 30.2 Å². The number of carbonyl (C=O) groups excluding carboxylic acids is 1. The molecule has 0 atom stereocenters. The first-order valence-corrected chi connectivity index (χ1v) is 4.85. The van der Waals surface area contributed by atoms with Gasteiger partial charge >= 0.3 is 0 Å². The first-order chi connectivity index (χ1) is 6.67. The molecule has 1 rings (SSSR count). The van der Waals surface area contributed by atoms with Crippen LogP contribution in [0.25, 0.3) is 0 Å². The Morgan fingerprint density at radius 3 is 2.86 bits per heavy atom. The minimum Gasteiger partial charge on any atom is -0.325 e. The summed E-state index contributed by atoms with van der Waals surface area (Å²) >= 11 is 5.32. The van der Waals surface area contributed by atoms with E-state index in [0.29, 0.717) is 17.7 Å². The quantitative estimate of drug-likeness (QED) is 0.772. The van der Waals surface area contributed by atoms with Crippen LogP contribution in [-0.4, -0.2) is 11.8 Å². The van der Waals surface area contributed by atoms with E-state index in [2.05, 4.69) is 5.32 Å². The van der Waals surface area contributed by atoms with Crippen LogP contribution < -0.4 is 5.32 Å². The molecule has 0 saturated carbocycles. The maximum atomic E-state index is 13.1. The van der Waals surface area contributed by atoms with Crippen LogP contribution in [0, 0.1) is 5.82 Å². The van der Waals surface area contributed by atoms with Crippen LogP contribution in [0.4, 0.5) is 10.1 Å². The highest BCUT2D eigenvalue weighted by Crippen LogP contribution is 2.15. The van der Waals surface area contributed by atoms with Crippen LogP contribution in [0.3, 0.4) is 0 Å². The molecule has 1 aromatic rings. The fourth-order valence-electron chi connectivity index (χ4n) is 1.12. The Hall–Kier alpha value is -1.09. The molecular weight excluding hydrogens is 205 g/mol. The monoisotopic (exact) mass is 215 g/mol. The Bertz CT molecular complexity index is 341. The van der Waals surface area contributed by atoms with Gasteiger partial charge in [0.15, 0.2) is 0 Å². The lowest BCUT2D eigenvalue weighted by Crippen LogP contribution is -2.12. The normalized spacial score (nSPS) is 9.93. The van der Waals surface area contributed by atoms with Gasteiger partial charge in [-0.25, -0.2) is 4.39 Å². The molecule has 1 amide bonds. The number of alkyl halides is 1. The van der Waals surface area contributed by atoms with Gasteiger partial charge in [0, 0.05) is 5.69 Å². The Kier molecular flexibility index (Phi) is 3.89. The minimum atomic E-state index is -0.291. The van der Waals surface area contributed by atoms with E-state index in [9.17, 15) is 9.18 Å². The van der Waals surface area contributed by atoms with Crippen LogP contribution in [0.1, 0.15) is 12.5 Å². The Labute approximate surface area is 87.1 Å². The number of rotatable bonds is 3. The summed E-state index contributed by atoms with van der Waals surface area (Å²) < 4.78 is 13.1. The third-order valence-electron chi connectivity index (χ3n) is 1.83. The van der Waals surface area contributed by atoms with Crippen molar-refractivity contribution in [3.05, 3.63) is 29.6 Å². The second kappa shape index (κ2) is 4.96. The van der Waals surface area contributed by atoms with Crippen molar-refractivity contribution in [3.8, 4) is 0 Å². The number of halogens is 2. The fourth-order valence-corrected chi connectivity index (χ4v) is 1.18. The van der Waals surface area contributed by atoms with Crippen molar-refractivity contribution in [2.75, 3.05) is 11.2 Å². The van der Waals surface area contributed by atoms with Crippen LogP contribution in [0.15, 0.2) is 18.2 Å². The number of amides is 1. The molecule has 76 valence electrons. The van der Waals surface area contributed by atoms with Gasteiger partial charge in [0.05, 0.1) is 0 Å². The Morgan fingerprint density at radius 2 is 2.29 bits per heavy atom. The zero-order valence-electron chi connectivity index (χ0n) is 7.81. The summed E-state index contributed by atoms with van der Waals surface area (Å²) in [7, 11) is 0. The van der Waals surface area contributed by atoms with E-state index < -0.39 is 0 Å². The van der Waals surface area contributed by atoms with E-state index in [1.54, 1.807) is 6.07 Å². The summed E-state index contributed by atoms with van der Waals surface area (Å²) in [5.74, 6) is -0.643. The van der Waals surface area contributed by atoms with Crippen LogP contribution in [0.2, 0.25) is 0 Å². The van der Waals surface area contributed by atoms with Crippen molar-refractivity contribution in [1.82, 2.24) is 0 Å². The minimum absolute atomic E-state index is 0.0984. The summed E-state index contributed by atoms with van der Waals surface area (Å²) in [5, 5.41) is 2.56. The molecule has 14 heavy (non-hydrogen) atoms. The van der Waals surface area contributed by atoms with Gasteiger partial charge in [-0.3, -0.25) is 4.79 Å². The second-order valence-corrected chi connectivity index (χ2v) is 3.11. The molecule has 0 saturated heterocycles. The van der Waals surface area contributed by atoms with Gasteiger partial charge in [0.2, 0.25) is 5.91 Å². The predicted octanol–water partition coefficient (Wildman–Crippen LogP) is 2.57. The molecular formula is C10H11ClFNO. The van der Waals surface area contributed by atoms with Crippen LogP contribution in [0.5, 0.6) is 0 Å². The smallest absolute Gasteiger partial charge is 0.239 e. The van der Waals surface area contributed by atoms with Gasteiger partial charge in [0.25, 0.3) is 0 Å². The molecule has 0 aliphatic carbocycles. The number of hydrogen-bond acceptors (Lipinski definition) is 1. The predicted molar refractivity (Wildman–Crippen MR) is 55.1 cm³/mol. The van der Waals surface area contributed by atoms with Crippen LogP contribution >= 0.6 is 11.6 Å². The molecule has 0 radical (unpaired) electrons. The number of carbonyl (C=O) groups is 1. The van der Waals surface area contributed by atoms with Crippen molar-refractivity contribution in [2.24, 2.45) is 0 Å². The highest BCUT2D eigenvalue weighted by molar-refractivity contribution is 6.29. The van der Waals surface area contributed by atoms with E-state index >= 15 is 0 Å². The standard InChI is InChI=1S/C10H11ClFNO/c1-2-7-5-8(3-4-9(7)12)13-10(14)6-11/h3-5H,2,6H2,1H3,(H,13,14). The van der Waals surface area contributed by atoms with Crippen molar-refractivity contribution in [2.45, 2.75) is 13.3 Å². The molecule has 0 aliphatic rings. The topological polar surface area (TPSA) is 29.1 Å². The summed E-state index contributed by atoms with van der Waals surface area (Å²) in [5.41, 5.74) is 1.16. The second-order valence-electron chi connectivity index (χ2n) is 2.84. The van der Waals surface area contributed by atoms with E-state index in [0.717, 1.165) is 0 Å². The molecule has 2 nitrogen and oxygen atoms in total. The van der Waals surface area contributed by atoms with Crippen LogP contribution in [-0.2, 0) is 11.2 Å². The summed E-state index contributed by atoms with van der Waals surface area (Å²) in [6.07, 6.45) is 0.594. The molecule has 0 fully saturated rings. The van der Waals surface area contributed by atoms with E-state index in [1.165, 1.54) is 12.1 Å². The number of hydrogen-bond donors (Lipinski definition) is 1. The maximum absolute atomic E-state index is 13.1. The molecule has 0 unspecified atom stereocenters. The van der Waals surface area contributed by atoms with Gasteiger partial charge in [-0.15, -0.1) is 11.6 Å². The van der Waals surface area contributed by atoms with Gasteiger partial charge in [-0.2, -0.15) is 0 Å². The average Bonchev–Trinajstić information content (AvgIpc) is 2.20. The van der Waals surface area contributed by atoms with Crippen molar-refractivity contribution < 1.29 is 9.18 Å². The van der Waals surface area contributed by atoms with E-state index in [4.69, 9.17) is 11.6 Å².